The predicted octanol–water partition coefficient (Wildman–Crippen LogP) is 13.4. The topological polar surface area (TPSA) is 169 Å². The van der Waals surface area contributed by atoms with Crippen LogP contribution >= 0.6 is 0 Å². The highest BCUT2D eigenvalue weighted by Crippen LogP contribution is 2.23. The van der Waals surface area contributed by atoms with E-state index in [9.17, 15) is 34.8 Å². The molecule has 1 fully saturated rings. The van der Waals surface area contributed by atoms with Gasteiger partial charge in [0.2, 0.25) is 0 Å². The van der Waals surface area contributed by atoms with Gasteiger partial charge in [0.15, 0.2) is 18.5 Å². The summed E-state index contributed by atoms with van der Waals surface area (Å²) in [5.41, 5.74) is 0. The third-order valence-electron chi connectivity index (χ3n) is 13.2. The number of aliphatic carboxylic acids is 1. The lowest BCUT2D eigenvalue weighted by molar-refractivity contribution is -0.298. The maximum atomic E-state index is 12.8. The zero-order chi connectivity index (χ0) is 47.4. The monoisotopic (exact) mass is 927 g/mol. The lowest BCUT2D eigenvalue weighted by Gasteiger charge is -2.38. The third kappa shape index (κ3) is 35.9. The zero-order valence-corrected chi connectivity index (χ0v) is 42.0. The van der Waals surface area contributed by atoms with Crippen LogP contribution in [0.2, 0.25) is 0 Å². The van der Waals surface area contributed by atoms with Gasteiger partial charge in [0.05, 0.1) is 6.61 Å². The van der Waals surface area contributed by atoms with Gasteiger partial charge in [0, 0.05) is 12.8 Å². The quantitative estimate of drug-likeness (QED) is 0.0338. The summed E-state index contributed by atoms with van der Waals surface area (Å²) in [5.74, 6) is -2.41. The number of aliphatic hydroxyl groups excluding tert-OH is 3. The van der Waals surface area contributed by atoms with E-state index in [0.717, 1.165) is 38.5 Å². The van der Waals surface area contributed by atoms with Crippen LogP contribution in [0.15, 0.2) is 0 Å². The fraction of sp³-hybridized carbons (Fsp3) is 0.944. The minimum absolute atomic E-state index is 0.192. The average molecular weight is 927 g/mol. The minimum Gasteiger partial charge on any atom is -0.479 e. The molecule has 0 aliphatic carbocycles. The molecule has 1 aliphatic rings. The molecule has 1 saturated heterocycles. The first kappa shape index (κ1) is 61.2. The molecule has 1 aliphatic heterocycles. The standard InChI is InChI=1S/C54H102O11/c1-3-5-7-9-11-13-15-17-19-21-23-24-25-27-28-30-32-34-36-38-40-42-47(55)62-44-46(45-63-54-51(59)49(57)50(58)52(65-54)53(60)61)64-48(56)43-41-39-37-35-33-31-29-26-22-20-18-16-14-12-10-8-6-4-2/h46,49-52,54,57-59H,3-45H2,1-2H3,(H,60,61). The Balaban J connectivity index is 2.24. The van der Waals surface area contributed by atoms with Crippen molar-refractivity contribution < 1.29 is 53.8 Å². The van der Waals surface area contributed by atoms with Gasteiger partial charge in [-0.15, -0.1) is 0 Å². The van der Waals surface area contributed by atoms with E-state index in [2.05, 4.69) is 13.8 Å². The summed E-state index contributed by atoms with van der Waals surface area (Å²) in [5, 5.41) is 40.0. The number of hydrogen-bond acceptors (Lipinski definition) is 10. The highest BCUT2D eigenvalue weighted by molar-refractivity contribution is 5.73. The Labute approximate surface area is 397 Å². The molecule has 1 rings (SSSR count). The average Bonchev–Trinajstić information content (AvgIpc) is 3.29. The van der Waals surface area contributed by atoms with Gasteiger partial charge in [-0.1, -0.05) is 251 Å². The van der Waals surface area contributed by atoms with Crippen molar-refractivity contribution in [2.75, 3.05) is 13.2 Å². The normalized spacial score (nSPS) is 19.1. The van der Waals surface area contributed by atoms with E-state index in [1.807, 2.05) is 0 Å². The molecule has 4 N–H and O–H groups in total. The summed E-state index contributed by atoms with van der Waals surface area (Å²) < 4.78 is 21.9. The molecule has 11 nitrogen and oxygen atoms in total. The molecule has 6 unspecified atom stereocenters. The number of carboxylic acid groups (broad SMARTS) is 1. The number of carboxylic acids is 1. The maximum absolute atomic E-state index is 12.8. The number of rotatable bonds is 48. The number of unbranched alkanes of at least 4 members (excludes halogenated alkanes) is 37. The Bertz CT molecular complexity index is 1090. The second-order valence-electron chi connectivity index (χ2n) is 19.4. The Kier molecular flexibility index (Phi) is 42.1. The molecule has 0 radical (unpaired) electrons. The maximum Gasteiger partial charge on any atom is 0.335 e. The van der Waals surface area contributed by atoms with Crippen molar-refractivity contribution in [3.8, 4) is 0 Å². The number of ether oxygens (including phenoxy) is 4. The molecule has 0 bridgehead atoms. The van der Waals surface area contributed by atoms with E-state index < -0.39 is 54.7 Å². The van der Waals surface area contributed by atoms with E-state index >= 15 is 0 Å². The molecular weight excluding hydrogens is 825 g/mol. The van der Waals surface area contributed by atoms with Crippen molar-refractivity contribution in [1.82, 2.24) is 0 Å². The highest BCUT2D eigenvalue weighted by Gasteiger charge is 2.47. The van der Waals surface area contributed by atoms with Crippen LogP contribution in [0.4, 0.5) is 0 Å². The van der Waals surface area contributed by atoms with Gasteiger partial charge in [-0.05, 0) is 12.8 Å². The zero-order valence-electron chi connectivity index (χ0n) is 42.0. The van der Waals surface area contributed by atoms with Crippen LogP contribution in [-0.2, 0) is 33.3 Å². The second-order valence-corrected chi connectivity index (χ2v) is 19.4. The SMILES string of the molecule is CCCCCCCCCCCCCCCCCCCCCCCC(=O)OCC(COC1OC(C(=O)O)C(O)C(O)C1O)OC(=O)CCCCCCCCCCCCCCCCCCCC. The van der Waals surface area contributed by atoms with Gasteiger partial charge in [-0.2, -0.15) is 0 Å². The molecule has 0 amide bonds. The van der Waals surface area contributed by atoms with Gasteiger partial charge in [-0.3, -0.25) is 9.59 Å². The smallest absolute Gasteiger partial charge is 0.335 e. The fourth-order valence-electron chi connectivity index (χ4n) is 8.88. The van der Waals surface area contributed by atoms with Crippen molar-refractivity contribution in [3.05, 3.63) is 0 Å². The summed E-state index contributed by atoms with van der Waals surface area (Å²) in [6, 6.07) is 0. The van der Waals surface area contributed by atoms with Crippen molar-refractivity contribution in [1.29, 1.82) is 0 Å². The largest absolute Gasteiger partial charge is 0.479 e. The fourth-order valence-corrected chi connectivity index (χ4v) is 8.88. The molecule has 0 spiro atoms. The number of esters is 2. The lowest BCUT2D eigenvalue weighted by Crippen LogP contribution is -2.60. The van der Waals surface area contributed by atoms with Crippen LogP contribution < -0.4 is 0 Å². The Morgan fingerprint density at radius 1 is 0.415 bits per heavy atom. The first-order chi connectivity index (χ1) is 31.7. The van der Waals surface area contributed by atoms with Gasteiger partial charge in [0.1, 0.15) is 24.9 Å². The van der Waals surface area contributed by atoms with Crippen LogP contribution in [-0.4, -0.2) is 88.4 Å². The summed E-state index contributed by atoms with van der Waals surface area (Å²) in [4.78, 5) is 37.0. The van der Waals surface area contributed by atoms with Crippen LogP contribution in [0.3, 0.4) is 0 Å². The number of carbonyl (C=O) groups is 3. The summed E-state index contributed by atoms with van der Waals surface area (Å²) in [6.07, 6.45) is 40.1. The molecule has 1 heterocycles. The van der Waals surface area contributed by atoms with Gasteiger partial charge < -0.3 is 39.4 Å². The number of hydrogen-bond donors (Lipinski definition) is 4. The Hall–Kier alpha value is -1.79. The molecule has 0 aromatic rings. The molecule has 384 valence electrons. The number of carbonyl (C=O) groups excluding carboxylic acids is 2. The minimum atomic E-state index is -1.86. The van der Waals surface area contributed by atoms with Crippen molar-refractivity contribution in [2.45, 2.75) is 314 Å². The Morgan fingerprint density at radius 2 is 0.723 bits per heavy atom. The van der Waals surface area contributed by atoms with E-state index in [4.69, 9.17) is 18.9 Å². The van der Waals surface area contributed by atoms with Gasteiger partial charge >= 0.3 is 17.9 Å². The van der Waals surface area contributed by atoms with Crippen LogP contribution in [0.25, 0.3) is 0 Å². The first-order valence-corrected chi connectivity index (χ1v) is 27.6. The summed E-state index contributed by atoms with van der Waals surface area (Å²) in [6.45, 7) is 3.88. The molecule has 0 aromatic heterocycles. The first-order valence-electron chi connectivity index (χ1n) is 27.6. The lowest BCUT2D eigenvalue weighted by atomic mass is 9.99. The van der Waals surface area contributed by atoms with Crippen molar-refractivity contribution >= 4 is 17.9 Å². The van der Waals surface area contributed by atoms with Crippen molar-refractivity contribution in [3.63, 3.8) is 0 Å². The van der Waals surface area contributed by atoms with Gasteiger partial charge in [-0.25, -0.2) is 4.79 Å². The summed E-state index contributed by atoms with van der Waals surface area (Å²) in [7, 11) is 0. The molecule has 65 heavy (non-hydrogen) atoms. The predicted molar refractivity (Wildman–Crippen MR) is 262 cm³/mol. The second kappa shape index (κ2) is 44.7. The summed E-state index contributed by atoms with van der Waals surface area (Å²) >= 11 is 0. The van der Waals surface area contributed by atoms with Crippen molar-refractivity contribution in [2.24, 2.45) is 0 Å². The van der Waals surface area contributed by atoms with Crippen LogP contribution in [0.1, 0.15) is 277 Å². The Morgan fingerprint density at radius 3 is 1.05 bits per heavy atom. The number of aliphatic hydroxyl groups is 3. The molecule has 0 aromatic carbocycles. The van der Waals surface area contributed by atoms with E-state index in [-0.39, 0.29) is 26.1 Å². The molecule has 0 saturated carbocycles. The van der Waals surface area contributed by atoms with Crippen LogP contribution in [0, 0.1) is 0 Å². The molecule has 11 heteroatoms. The van der Waals surface area contributed by atoms with E-state index in [1.54, 1.807) is 0 Å². The molecule has 6 atom stereocenters. The third-order valence-corrected chi connectivity index (χ3v) is 13.2. The van der Waals surface area contributed by atoms with E-state index in [0.29, 0.717) is 12.8 Å². The highest BCUT2D eigenvalue weighted by atomic mass is 16.7. The van der Waals surface area contributed by atoms with Crippen LogP contribution in [0.5, 0.6) is 0 Å². The van der Waals surface area contributed by atoms with Gasteiger partial charge in [0.25, 0.3) is 0 Å². The van der Waals surface area contributed by atoms with E-state index in [1.165, 1.54) is 199 Å². The molecular formula is C54H102O11.